The van der Waals surface area contributed by atoms with E-state index < -0.39 is 0 Å². The van der Waals surface area contributed by atoms with Crippen molar-refractivity contribution >= 4 is 17.4 Å². The van der Waals surface area contributed by atoms with Crippen molar-refractivity contribution in [2.75, 3.05) is 25.1 Å². The van der Waals surface area contributed by atoms with Crippen LogP contribution in [0.25, 0.3) is 0 Å². The van der Waals surface area contributed by atoms with Crippen LogP contribution in [-0.2, 0) is 4.74 Å². The Kier molecular flexibility index (Phi) is 7.10. The predicted molar refractivity (Wildman–Crippen MR) is 80.1 cm³/mol. The lowest BCUT2D eigenvalue weighted by Crippen LogP contribution is -2.13. The molecular formula is C14H24ClN3O. The quantitative estimate of drug-likeness (QED) is 0.583. The molecule has 108 valence electrons. The molecule has 1 rings (SSSR count). The lowest BCUT2D eigenvalue weighted by atomic mass is 10.2. The van der Waals surface area contributed by atoms with Crippen LogP contribution in [0.15, 0.2) is 0 Å². The Bertz CT molecular complexity index is 397. The van der Waals surface area contributed by atoms with E-state index in [0.717, 1.165) is 43.2 Å². The molecule has 0 aliphatic carbocycles. The fourth-order valence-corrected chi connectivity index (χ4v) is 1.70. The largest absolute Gasteiger partial charge is 0.380 e. The maximum Gasteiger partial charge on any atom is 0.137 e. The molecule has 1 N–H and O–H groups in total. The molecule has 0 saturated heterocycles. The van der Waals surface area contributed by atoms with Gasteiger partial charge in [0.25, 0.3) is 0 Å². The van der Waals surface area contributed by atoms with Crippen molar-refractivity contribution < 1.29 is 4.74 Å². The van der Waals surface area contributed by atoms with Crippen LogP contribution in [0, 0.1) is 6.92 Å². The standard InChI is InChI=1S/C14H24ClN3O/c1-5-6-8-19-9-7-16-14-11(4)12(15)17-13(18-14)10(2)3/h10H,5-9H2,1-4H3,(H,16,17,18). The van der Waals surface area contributed by atoms with Crippen LogP contribution >= 0.6 is 11.6 Å². The molecule has 19 heavy (non-hydrogen) atoms. The van der Waals surface area contributed by atoms with Crippen LogP contribution in [-0.4, -0.2) is 29.7 Å². The molecule has 0 saturated carbocycles. The highest BCUT2D eigenvalue weighted by atomic mass is 35.5. The van der Waals surface area contributed by atoms with Crippen molar-refractivity contribution in [3.63, 3.8) is 0 Å². The summed E-state index contributed by atoms with van der Waals surface area (Å²) in [6, 6.07) is 0. The summed E-state index contributed by atoms with van der Waals surface area (Å²) in [7, 11) is 0. The number of halogens is 1. The highest BCUT2D eigenvalue weighted by Crippen LogP contribution is 2.22. The molecular weight excluding hydrogens is 262 g/mol. The topological polar surface area (TPSA) is 47.0 Å². The van der Waals surface area contributed by atoms with E-state index in [0.29, 0.717) is 11.8 Å². The van der Waals surface area contributed by atoms with Gasteiger partial charge in [-0.1, -0.05) is 38.8 Å². The molecule has 0 unspecified atom stereocenters. The van der Waals surface area contributed by atoms with Crippen molar-refractivity contribution in [3.8, 4) is 0 Å². The third-order valence-electron chi connectivity index (χ3n) is 2.80. The van der Waals surface area contributed by atoms with Crippen molar-refractivity contribution in [1.29, 1.82) is 0 Å². The number of hydrogen-bond donors (Lipinski definition) is 1. The zero-order valence-electron chi connectivity index (χ0n) is 12.3. The minimum Gasteiger partial charge on any atom is -0.380 e. The van der Waals surface area contributed by atoms with Gasteiger partial charge in [0.1, 0.15) is 16.8 Å². The Hall–Kier alpha value is -0.870. The Morgan fingerprint density at radius 1 is 1.26 bits per heavy atom. The number of anilines is 1. The van der Waals surface area contributed by atoms with E-state index in [1.807, 2.05) is 6.92 Å². The molecule has 1 aromatic heterocycles. The Labute approximate surface area is 120 Å². The minimum absolute atomic E-state index is 0.263. The number of nitrogens with one attached hydrogen (secondary N) is 1. The number of unbranched alkanes of at least 4 members (excludes halogenated alkanes) is 1. The number of aromatic nitrogens is 2. The third kappa shape index (κ3) is 5.33. The SMILES string of the molecule is CCCCOCCNc1nc(C(C)C)nc(Cl)c1C. The number of nitrogens with zero attached hydrogens (tertiary/aromatic N) is 2. The van der Waals surface area contributed by atoms with E-state index in [1.54, 1.807) is 0 Å². The Morgan fingerprint density at radius 2 is 2.00 bits per heavy atom. The van der Waals surface area contributed by atoms with E-state index in [-0.39, 0.29) is 5.92 Å². The normalized spacial score (nSPS) is 11.1. The lowest BCUT2D eigenvalue weighted by molar-refractivity contribution is 0.141. The molecule has 1 heterocycles. The van der Waals surface area contributed by atoms with E-state index in [9.17, 15) is 0 Å². The summed E-state index contributed by atoms with van der Waals surface area (Å²) < 4.78 is 5.50. The summed E-state index contributed by atoms with van der Waals surface area (Å²) in [4.78, 5) is 8.79. The molecule has 0 bridgehead atoms. The van der Waals surface area contributed by atoms with Crippen LogP contribution in [0.4, 0.5) is 5.82 Å². The molecule has 0 aromatic carbocycles. The molecule has 0 radical (unpaired) electrons. The van der Waals surface area contributed by atoms with Gasteiger partial charge < -0.3 is 10.1 Å². The molecule has 5 heteroatoms. The Balaban J connectivity index is 2.52. The van der Waals surface area contributed by atoms with Crippen molar-refractivity contribution in [2.24, 2.45) is 0 Å². The summed E-state index contributed by atoms with van der Waals surface area (Å²) in [5, 5.41) is 3.79. The zero-order chi connectivity index (χ0) is 14.3. The van der Waals surface area contributed by atoms with Crippen LogP contribution < -0.4 is 5.32 Å². The maximum atomic E-state index is 6.12. The molecule has 0 amide bonds. The molecule has 0 spiro atoms. The van der Waals surface area contributed by atoms with Gasteiger partial charge in [-0.3, -0.25) is 0 Å². The first-order valence-corrected chi connectivity index (χ1v) is 7.29. The summed E-state index contributed by atoms with van der Waals surface area (Å²) >= 11 is 6.12. The van der Waals surface area contributed by atoms with Gasteiger partial charge in [0, 0.05) is 24.6 Å². The van der Waals surface area contributed by atoms with Crippen LogP contribution in [0.1, 0.15) is 50.9 Å². The van der Waals surface area contributed by atoms with Crippen molar-refractivity contribution in [3.05, 3.63) is 16.5 Å². The lowest BCUT2D eigenvalue weighted by Gasteiger charge is -2.13. The summed E-state index contributed by atoms with van der Waals surface area (Å²) in [5.41, 5.74) is 0.889. The second kappa shape index (κ2) is 8.33. The van der Waals surface area contributed by atoms with Crippen LogP contribution in [0.3, 0.4) is 0 Å². The fraction of sp³-hybridized carbons (Fsp3) is 0.714. The van der Waals surface area contributed by atoms with Crippen molar-refractivity contribution in [1.82, 2.24) is 9.97 Å². The first-order valence-electron chi connectivity index (χ1n) is 6.91. The Morgan fingerprint density at radius 3 is 2.63 bits per heavy atom. The fourth-order valence-electron chi connectivity index (χ4n) is 1.53. The molecule has 0 aliphatic rings. The van der Waals surface area contributed by atoms with Gasteiger partial charge in [-0.2, -0.15) is 0 Å². The highest BCUT2D eigenvalue weighted by molar-refractivity contribution is 6.30. The second-order valence-corrected chi connectivity index (χ2v) is 5.25. The number of hydrogen-bond acceptors (Lipinski definition) is 4. The van der Waals surface area contributed by atoms with E-state index in [4.69, 9.17) is 16.3 Å². The first-order chi connectivity index (χ1) is 9.06. The third-order valence-corrected chi connectivity index (χ3v) is 3.17. The smallest absolute Gasteiger partial charge is 0.137 e. The summed E-state index contributed by atoms with van der Waals surface area (Å²) in [6.45, 7) is 10.4. The van der Waals surface area contributed by atoms with E-state index in [1.165, 1.54) is 0 Å². The van der Waals surface area contributed by atoms with Gasteiger partial charge in [-0.25, -0.2) is 9.97 Å². The number of rotatable bonds is 8. The van der Waals surface area contributed by atoms with Gasteiger partial charge in [-0.15, -0.1) is 0 Å². The molecule has 1 aromatic rings. The predicted octanol–water partition coefficient (Wildman–Crippen LogP) is 3.79. The average molecular weight is 286 g/mol. The average Bonchev–Trinajstić information content (AvgIpc) is 2.37. The highest BCUT2D eigenvalue weighted by Gasteiger charge is 2.11. The van der Waals surface area contributed by atoms with Gasteiger partial charge in [0.2, 0.25) is 0 Å². The van der Waals surface area contributed by atoms with Gasteiger partial charge in [-0.05, 0) is 13.3 Å². The minimum atomic E-state index is 0.263. The van der Waals surface area contributed by atoms with Gasteiger partial charge in [0.15, 0.2) is 0 Å². The molecule has 0 atom stereocenters. The van der Waals surface area contributed by atoms with E-state index in [2.05, 4.69) is 36.1 Å². The monoisotopic (exact) mass is 285 g/mol. The van der Waals surface area contributed by atoms with Crippen molar-refractivity contribution in [2.45, 2.75) is 46.5 Å². The molecule has 4 nitrogen and oxygen atoms in total. The van der Waals surface area contributed by atoms with Crippen LogP contribution in [0.5, 0.6) is 0 Å². The molecule has 0 aliphatic heterocycles. The second-order valence-electron chi connectivity index (χ2n) is 4.89. The summed E-state index contributed by atoms with van der Waals surface area (Å²) in [6.07, 6.45) is 2.27. The van der Waals surface area contributed by atoms with Gasteiger partial charge in [0.05, 0.1) is 6.61 Å². The summed E-state index contributed by atoms with van der Waals surface area (Å²) in [5.74, 6) is 1.84. The van der Waals surface area contributed by atoms with E-state index >= 15 is 0 Å². The number of ether oxygens (including phenoxy) is 1. The first kappa shape index (κ1) is 16.2. The van der Waals surface area contributed by atoms with Crippen LogP contribution in [0.2, 0.25) is 5.15 Å². The van der Waals surface area contributed by atoms with Gasteiger partial charge >= 0.3 is 0 Å². The molecule has 0 fully saturated rings. The zero-order valence-corrected chi connectivity index (χ0v) is 13.0. The maximum absolute atomic E-state index is 6.12.